The third kappa shape index (κ3) is 3.35. The van der Waals surface area contributed by atoms with Gasteiger partial charge in [0.1, 0.15) is 5.69 Å². The summed E-state index contributed by atoms with van der Waals surface area (Å²) in [4.78, 5) is 4.48. The van der Waals surface area contributed by atoms with Crippen LogP contribution in [-0.4, -0.2) is 36.5 Å². The number of aromatic amines is 1. The number of methoxy groups -OCH3 is 3. The first-order valence-corrected chi connectivity index (χ1v) is 10.7. The van der Waals surface area contributed by atoms with Gasteiger partial charge in [0.05, 0.1) is 27.0 Å². The van der Waals surface area contributed by atoms with Gasteiger partial charge in [-0.3, -0.25) is 10.1 Å². The van der Waals surface area contributed by atoms with Gasteiger partial charge in [0.2, 0.25) is 5.75 Å². The van der Waals surface area contributed by atoms with Gasteiger partial charge in [-0.05, 0) is 23.8 Å². The second-order valence-corrected chi connectivity index (χ2v) is 7.91. The number of ether oxygens (including phenoxy) is 3. The summed E-state index contributed by atoms with van der Waals surface area (Å²) in [5.41, 5.74) is 5.43. The summed E-state index contributed by atoms with van der Waals surface area (Å²) >= 11 is 0. The van der Waals surface area contributed by atoms with Crippen LogP contribution in [0.15, 0.2) is 72.9 Å². The van der Waals surface area contributed by atoms with Gasteiger partial charge in [-0.1, -0.05) is 54.6 Å². The fraction of sp³-hybridized carbons (Fsp3) is 0.185. The highest BCUT2D eigenvalue weighted by molar-refractivity contribution is 5.76. The van der Waals surface area contributed by atoms with E-state index in [0.717, 1.165) is 33.8 Å². The zero-order chi connectivity index (χ0) is 22.8. The van der Waals surface area contributed by atoms with Gasteiger partial charge >= 0.3 is 0 Å². The van der Waals surface area contributed by atoms with Gasteiger partial charge < -0.3 is 14.2 Å². The van der Waals surface area contributed by atoms with Gasteiger partial charge in [-0.15, -0.1) is 0 Å². The Morgan fingerprint density at radius 1 is 0.848 bits per heavy atom. The largest absolute Gasteiger partial charge is 0.493 e. The van der Waals surface area contributed by atoms with E-state index in [-0.39, 0.29) is 0 Å². The van der Waals surface area contributed by atoms with Crippen LogP contribution < -0.4 is 14.2 Å². The predicted molar refractivity (Wildman–Crippen MR) is 128 cm³/mol. The van der Waals surface area contributed by atoms with E-state index in [1.54, 1.807) is 27.5 Å². The fourth-order valence-electron chi connectivity index (χ4n) is 4.69. The van der Waals surface area contributed by atoms with Crippen molar-refractivity contribution in [1.29, 1.82) is 0 Å². The topological polar surface area (TPSA) is 69.3 Å². The van der Waals surface area contributed by atoms with E-state index in [1.165, 1.54) is 0 Å². The minimum atomic E-state index is -0.493. The third-order valence-corrected chi connectivity index (χ3v) is 6.25. The second-order valence-electron chi connectivity index (χ2n) is 7.91. The summed E-state index contributed by atoms with van der Waals surface area (Å²) in [5, 5.41) is 7.88. The minimum Gasteiger partial charge on any atom is -0.493 e. The number of H-pyrrole nitrogens is 1. The van der Waals surface area contributed by atoms with Crippen LogP contribution in [0.2, 0.25) is 0 Å². The lowest BCUT2D eigenvalue weighted by Crippen LogP contribution is -2.31. The number of nitrogens with one attached hydrogen (secondary N) is 1. The summed E-state index contributed by atoms with van der Waals surface area (Å²) in [5.74, 6) is 1.85. The molecule has 1 aliphatic carbocycles. The lowest BCUT2D eigenvalue weighted by molar-refractivity contribution is 0.319. The maximum Gasteiger partial charge on any atom is 0.203 e. The van der Waals surface area contributed by atoms with Crippen molar-refractivity contribution in [2.45, 2.75) is 11.8 Å². The molecular formula is C27H25N3O3. The first-order chi connectivity index (χ1) is 16.2. The molecule has 4 aromatic rings. The quantitative estimate of drug-likeness (QED) is 0.455. The maximum atomic E-state index is 5.90. The number of hydrogen-bond donors (Lipinski definition) is 1. The molecule has 0 amide bonds. The summed E-state index contributed by atoms with van der Waals surface area (Å²) in [6, 6.07) is 20.2. The van der Waals surface area contributed by atoms with Crippen LogP contribution in [0.3, 0.4) is 0 Å². The van der Waals surface area contributed by atoms with Crippen LogP contribution in [0.4, 0.5) is 0 Å². The maximum absolute atomic E-state index is 5.90. The molecule has 1 unspecified atom stereocenters. The van der Waals surface area contributed by atoms with Crippen molar-refractivity contribution >= 4 is 6.08 Å². The highest BCUT2D eigenvalue weighted by Gasteiger charge is 2.40. The van der Waals surface area contributed by atoms with Crippen LogP contribution >= 0.6 is 0 Å². The molecule has 1 atom stereocenters. The van der Waals surface area contributed by atoms with Crippen molar-refractivity contribution in [3.8, 4) is 28.6 Å². The van der Waals surface area contributed by atoms with E-state index < -0.39 is 5.41 Å². The van der Waals surface area contributed by atoms with Crippen LogP contribution in [0, 0.1) is 0 Å². The van der Waals surface area contributed by atoms with Crippen LogP contribution in [0.1, 0.15) is 22.4 Å². The van der Waals surface area contributed by atoms with Crippen LogP contribution in [-0.2, 0) is 11.8 Å². The van der Waals surface area contributed by atoms with Crippen molar-refractivity contribution < 1.29 is 14.2 Å². The lowest BCUT2D eigenvalue weighted by atomic mass is 9.68. The van der Waals surface area contributed by atoms with Crippen molar-refractivity contribution in [3.05, 3.63) is 95.3 Å². The Bertz CT molecular complexity index is 1300. The normalized spacial score (nSPS) is 16.8. The molecule has 0 fully saturated rings. The molecule has 0 aliphatic heterocycles. The Morgan fingerprint density at radius 3 is 2.33 bits per heavy atom. The van der Waals surface area contributed by atoms with E-state index >= 15 is 0 Å². The molecule has 0 saturated carbocycles. The van der Waals surface area contributed by atoms with Crippen LogP contribution in [0.5, 0.6) is 17.2 Å². The average Bonchev–Trinajstić information content (AvgIpc) is 3.31. The zero-order valence-electron chi connectivity index (χ0n) is 18.8. The number of pyridine rings is 1. The number of aromatic nitrogens is 3. The molecule has 1 aliphatic rings. The molecule has 1 N–H and O–H groups in total. The fourth-order valence-corrected chi connectivity index (χ4v) is 4.69. The van der Waals surface area contributed by atoms with Gasteiger partial charge in [-0.2, -0.15) is 5.10 Å². The summed E-state index contributed by atoms with van der Waals surface area (Å²) in [6.45, 7) is 0. The van der Waals surface area contributed by atoms with Crippen molar-refractivity contribution in [3.63, 3.8) is 0 Å². The molecule has 0 radical (unpaired) electrons. The highest BCUT2D eigenvalue weighted by atomic mass is 16.5. The van der Waals surface area contributed by atoms with Crippen molar-refractivity contribution in [2.75, 3.05) is 21.3 Å². The standard InChI is InChI=1S/C27H25N3O3/c1-31-23-13-12-20(25(32-2)26(23)33-3)27(18-9-5-4-6-10-18)15-14-19-22(17-27)29-30-24(19)21-11-7-8-16-28-21/h4-16H,17H2,1-3H3,(H,29,30). The van der Waals surface area contributed by atoms with Crippen molar-refractivity contribution in [1.82, 2.24) is 15.2 Å². The molecule has 2 aromatic heterocycles. The molecule has 0 bridgehead atoms. The van der Waals surface area contributed by atoms with Gasteiger partial charge in [0.15, 0.2) is 11.5 Å². The van der Waals surface area contributed by atoms with E-state index in [1.807, 2.05) is 30.3 Å². The Kier molecular flexibility index (Phi) is 5.34. The molecule has 6 heteroatoms. The summed E-state index contributed by atoms with van der Waals surface area (Å²) in [7, 11) is 4.91. The number of fused-ring (bicyclic) bond motifs is 1. The van der Waals surface area contributed by atoms with Gasteiger partial charge in [-0.25, -0.2) is 0 Å². The molecule has 5 rings (SSSR count). The minimum absolute atomic E-state index is 0.493. The number of allylic oxidation sites excluding steroid dienone is 1. The molecule has 33 heavy (non-hydrogen) atoms. The Morgan fingerprint density at radius 2 is 1.64 bits per heavy atom. The number of benzene rings is 2. The average molecular weight is 440 g/mol. The molecule has 0 saturated heterocycles. The zero-order valence-corrected chi connectivity index (χ0v) is 18.8. The monoisotopic (exact) mass is 439 g/mol. The number of rotatable bonds is 6. The molecule has 2 aromatic carbocycles. The second kappa shape index (κ2) is 8.47. The first kappa shape index (κ1) is 20.8. The molecular weight excluding hydrogens is 414 g/mol. The summed E-state index contributed by atoms with van der Waals surface area (Å²) in [6.07, 6.45) is 6.83. The Balaban J connectivity index is 1.72. The van der Waals surface area contributed by atoms with Gasteiger partial charge in [0.25, 0.3) is 0 Å². The lowest BCUT2D eigenvalue weighted by Gasteiger charge is -2.36. The van der Waals surface area contributed by atoms with E-state index in [9.17, 15) is 0 Å². The third-order valence-electron chi connectivity index (χ3n) is 6.25. The Labute approximate surface area is 192 Å². The molecule has 2 heterocycles. The molecule has 166 valence electrons. The number of nitrogens with zero attached hydrogens (tertiary/aromatic N) is 2. The van der Waals surface area contributed by atoms with Crippen molar-refractivity contribution in [2.24, 2.45) is 0 Å². The Hall–Kier alpha value is -4.06. The molecule has 6 nitrogen and oxygen atoms in total. The number of hydrogen-bond acceptors (Lipinski definition) is 5. The van der Waals surface area contributed by atoms with Crippen LogP contribution in [0.25, 0.3) is 17.5 Å². The highest BCUT2D eigenvalue weighted by Crippen LogP contribution is 2.50. The SMILES string of the molecule is COc1ccc(C2(c3ccccc3)C=Cc3c(-c4ccccn4)n[nH]c3C2)c(OC)c1OC. The van der Waals surface area contributed by atoms with E-state index in [4.69, 9.17) is 14.2 Å². The predicted octanol–water partition coefficient (Wildman–Crippen LogP) is 5.05. The molecule has 0 spiro atoms. The smallest absolute Gasteiger partial charge is 0.203 e. The van der Waals surface area contributed by atoms with E-state index in [2.05, 4.69) is 57.7 Å². The summed E-state index contributed by atoms with van der Waals surface area (Å²) < 4.78 is 17.1. The van der Waals surface area contributed by atoms with E-state index in [0.29, 0.717) is 23.7 Å². The first-order valence-electron chi connectivity index (χ1n) is 10.7. The van der Waals surface area contributed by atoms with Gasteiger partial charge in [0, 0.05) is 34.9 Å².